The van der Waals surface area contributed by atoms with Crippen LogP contribution < -0.4 is 0 Å². The fourth-order valence-electron chi connectivity index (χ4n) is 4.75. The molecular weight excluding hydrogens is 444 g/mol. The molecular formula is C28H21OZr. The van der Waals surface area contributed by atoms with E-state index in [2.05, 4.69) is 73.2 Å². The molecule has 30 heavy (non-hydrogen) atoms. The summed E-state index contributed by atoms with van der Waals surface area (Å²) in [5, 5.41) is 0. The minimum Gasteiger partial charge on any atom is -0.456 e. The molecule has 1 aromatic heterocycles. The van der Waals surface area contributed by atoms with E-state index in [1.165, 1.54) is 52.6 Å². The molecule has 2 aliphatic rings. The maximum Gasteiger partial charge on any atom is 0.134 e. The van der Waals surface area contributed by atoms with E-state index < -0.39 is 0 Å². The monoisotopic (exact) mass is 463 g/mol. The van der Waals surface area contributed by atoms with Crippen molar-refractivity contribution in [3.05, 3.63) is 113 Å². The van der Waals surface area contributed by atoms with Gasteiger partial charge in [-0.25, -0.2) is 0 Å². The van der Waals surface area contributed by atoms with E-state index in [9.17, 15) is 0 Å². The number of allylic oxidation sites excluding steroid dienone is 1. The molecule has 3 aromatic carbocycles. The maximum atomic E-state index is 6.23. The Morgan fingerprint density at radius 1 is 0.700 bits per heavy atom. The van der Waals surface area contributed by atoms with Gasteiger partial charge in [0.05, 0.1) is 0 Å². The van der Waals surface area contributed by atoms with Gasteiger partial charge >= 0.3 is 0 Å². The molecule has 2 heteroatoms. The van der Waals surface area contributed by atoms with E-state index >= 15 is 0 Å². The van der Waals surface area contributed by atoms with Crippen LogP contribution in [0.2, 0.25) is 0 Å². The topological polar surface area (TPSA) is 13.1 Å². The SMILES string of the molecule is [CH]1C(c2ccc(-c3ccccc3)o2)=Cc2c1cc1c(c2-c2ccccc2)CCC1.[Zr]. The number of hydrogen-bond donors (Lipinski definition) is 0. The molecule has 0 spiro atoms. The smallest absolute Gasteiger partial charge is 0.134 e. The predicted molar refractivity (Wildman–Crippen MR) is 119 cm³/mol. The fraction of sp³-hybridized carbons (Fsp3) is 0.107. The molecule has 1 heterocycles. The van der Waals surface area contributed by atoms with Gasteiger partial charge in [0.25, 0.3) is 0 Å². The summed E-state index contributed by atoms with van der Waals surface area (Å²) in [7, 11) is 0. The summed E-state index contributed by atoms with van der Waals surface area (Å²) in [5.41, 5.74) is 10.7. The van der Waals surface area contributed by atoms with Gasteiger partial charge in [-0.05, 0) is 70.9 Å². The van der Waals surface area contributed by atoms with E-state index in [0.29, 0.717) is 0 Å². The Balaban J connectivity index is 0.00000193. The third-order valence-corrected chi connectivity index (χ3v) is 6.09. The molecule has 1 nitrogen and oxygen atoms in total. The molecule has 143 valence electrons. The van der Waals surface area contributed by atoms with Crippen LogP contribution in [0.15, 0.2) is 83.3 Å². The molecule has 0 saturated heterocycles. The molecule has 6 rings (SSSR count). The van der Waals surface area contributed by atoms with E-state index in [-0.39, 0.29) is 26.2 Å². The van der Waals surface area contributed by atoms with Crippen LogP contribution in [-0.2, 0) is 39.0 Å². The minimum atomic E-state index is 0. The summed E-state index contributed by atoms with van der Waals surface area (Å²) < 4.78 is 6.23. The first-order valence-electron chi connectivity index (χ1n) is 10.3. The fourth-order valence-corrected chi connectivity index (χ4v) is 4.75. The number of rotatable bonds is 3. The zero-order valence-electron chi connectivity index (χ0n) is 16.7. The molecule has 1 radical (unpaired) electrons. The molecule has 0 amide bonds. The van der Waals surface area contributed by atoms with Crippen molar-refractivity contribution >= 4 is 11.6 Å². The summed E-state index contributed by atoms with van der Waals surface area (Å²) in [6.45, 7) is 0. The standard InChI is InChI=1S/C28H21O.Zr/c1-3-8-19(9-4-1)26-14-15-27(29-26)23-17-22-16-21-12-7-13-24(21)28(25(22)18-23)20-10-5-2-6-11-20;/h1-6,8-11,14-18H,7,12-13H2;. The summed E-state index contributed by atoms with van der Waals surface area (Å²) in [4.78, 5) is 0. The van der Waals surface area contributed by atoms with Crippen molar-refractivity contribution in [2.75, 3.05) is 0 Å². The van der Waals surface area contributed by atoms with E-state index in [4.69, 9.17) is 4.42 Å². The van der Waals surface area contributed by atoms with E-state index in [1.807, 2.05) is 18.2 Å². The summed E-state index contributed by atoms with van der Waals surface area (Å²) in [5.74, 6) is 1.84. The Morgan fingerprint density at radius 2 is 1.40 bits per heavy atom. The van der Waals surface area contributed by atoms with E-state index in [1.54, 1.807) is 0 Å². The van der Waals surface area contributed by atoms with Gasteiger partial charge in [0, 0.05) is 43.8 Å². The van der Waals surface area contributed by atoms with Crippen molar-refractivity contribution in [2.45, 2.75) is 19.3 Å². The quantitative estimate of drug-likeness (QED) is 0.312. The summed E-state index contributed by atoms with van der Waals surface area (Å²) in [6, 6.07) is 27.7. The molecule has 0 N–H and O–H groups in total. The summed E-state index contributed by atoms with van der Waals surface area (Å²) in [6.07, 6.45) is 8.21. The Bertz CT molecular complexity index is 1230. The van der Waals surface area contributed by atoms with Crippen LogP contribution in [0.1, 0.15) is 34.4 Å². The van der Waals surface area contributed by atoms with Gasteiger partial charge in [-0.15, -0.1) is 0 Å². The number of furan rings is 1. The van der Waals surface area contributed by atoms with Gasteiger partial charge in [-0.2, -0.15) is 0 Å². The molecule has 4 aromatic rings. The van der Waals surface area contributed by atoms with E-state index in [0.717, 1.165) is 22.7 Å². The van der Waals surface area contributed by atoms with Gasteiger partial charge in [0.2, 0.25) is 0 Å². The molecule has 0 unspecified atom stereocenters. The van der Waals surface area contributed by atoms with Crippen LogP contribution in [0.4, 0.5) is 0 Å². The second-order valence-electron chi connectivity index (χ2n) is 7.89. The van der Waals surface area contributed by atoms with Crippen LogP contribution >= 0.6 is 0 Å². The summed E-state index contributed by atoms with van der Waals surface area (Å²) >= 11 is 0. The number of fused-ring (bicyclic) bond motifs is 2. The maximum absolute atomic E-state index is 6.23. The van der Waals surface area contributed by atoms with Gasteiger partial charge in [-0.3, -0.25) is 0 Å². The Morgan fingerprint density at radius 3 is 2.17 bits per heavy atom. The molecule has 0 bridgehead atoms. The van der Waals surface area contributed by atoms with Crippen molar-refractivity contribution in [1.29, 1.82) is 0 Å². The van der Waals surface area contributed by atoms with Crippen molar-refractivity contribution in [2.24, 2.45) is 0 Å². The minimum absolute atomic E-state index is 0. The third-order valence-electron chi connectivity index (χ3n) is 6.09. The first kappa shape index (κ1) is 19.5. The molecule has 2 aliphatic carbocycles. The molecule has 0 aliphatic heterocycles. The normalized spacial score (nSPS) is 14.1. The molecule has 0 atom stereocenters. The van der Waals surface area contributed by atoms with Crippen molar-refractivity contribution < 1.29 is 30.6 Å². The third kappa shape index (κ3) is 3.28. The average Bonchev–Trinajstić information content (AvgIpc) is 3.52. The van der Waals surface area contributed by atoms with Gasteiger partial charge in [0.1, 0.15) is 11.5 Å². The van der Waals surface area contributed by atoms with Crippen molar-refractivity contribution in [1.82, 2.24) is 0 Å². The number of benzene rings is 3. The number of hydrogen-bond acceptors (Lipinski definition) is 1. The van der Waals surface area contributed by atoms with Crippen molar-refractivity contribution in [3.63, 3.8) is 0 Å². The first-order chi connectivity index (χ1) is 14.4. The second-order valence-corrected chi connectivity index (χ2v) is 7.89. The van der Waals surface area contributed by atoms with Crippen LogP contribution in [0.5, 0.6) is 0 Å². The first-order valence-corrected chi connectivity index (χ1v) is 10.3. The Labute approximate surface area is 196 Å². The zero-order chi connectivity index (χ0) is 19.2. The zero-order valence-corrected chi connectivity index (χ0v) is 19.1. The molecule has 0 saturated carbocycles. The average molecular weight is 465 g/mol. The van der Waals surface area contributed by atoms with Crippen LogP contribution in [0.3, 0.4) is 0 Å². The van der Waals surface area contributed by atoms with Gasteiger partial charge in [-0.1, -0.05) is 66.7 Å². The Hall–Kier alpha value is -2.44. The van der Waals surface area contributed by atoms with Gasteiger partial charge in [0.15, 0.2) is 0 Å². The van der Waals surface area contributed by atoms with Crippen molar-refractivity contribution in [3.8, 4) is 22.5 Å². The van der Waals surface area contributed by atoms with Gasteiger partial charge < -0.3 is 4.42 Å². The Kier molecular flexibility index (Phi) is 5.21. The van der Waals surface area contributed by atoms with Crippen LogP contribution in [-0.4, -0.2) is 0 Å². The number of aryl methyl sites for hydroxylation is 1. The van der Waals surface area contributed by atoms with Crippen LogP contribution in [0.25, 0.3) is 34.1 Å². The second kappa shape index (κ2) is 8.01. The largest absolute Gasteiger partial charge is 0.456 e. The molecule has 0 fully saturated rings. The predicted octanol–water partition coefficient (Wildman–Crippen LogP) is 7.21. The van der Waals surface area contributed by atoms with Crippen LogP contribution in [0, 0.1) is 6.42 Å².